The molecule has 3 heteroatoms. The van der Waals surface area contributed by atoms with Crippen LogP contribution in [-0.2, 0) is 11.2 Å². The van der Waals surface area contributed by atoms with Crippen molar-refractivity contribution in [3.63, 3.8) is 0 Å². The molecule has 3 nitrogen and oxygen atoms in total. The van der Waals surface area contributed by atoms with Crippen molar-refractivity contribution >= 4 is 5.97 Å². The molecular formula is C33H58O3. The quantitative estimate of drug-likeness (QED) is 0.0821. The molecule has 0 spiro atoms. The molecule has 0 fully saturated rings. The van der Waals surface area contributed by atoms with Gasteiger partial charge in [-0.1, -0.05) is 135 Å². The molecule has 0 radical (unpaired) electrons. The number of aliphatic hydroxyl groups is 1. The van der Waals surface area contributed by atoms with Crippen LogP contribution in [0.15, 0.2) is 24.3 Å². The summed E-state index contributed by atoms with van der Waals surface area (Å²) in [6.45, 7) is 4.52. The zero-order chi connectivity index (χ0) is 26.1. The van der Waals surface area contributed by atoms with E-state index in [2.05, 4.69) is 26.0 Å². The molecule has 1 unspecified atom stereocenters. The van der Waals surface area contributed by atoms with E-state index >= 15 is 0 Å². The maximum atomic E-state index is 12.1. The summed E-state index contributed by atoms with van der Waals surface area (Å²) in [6, 6.07) is 8.02. The second kappa shape index (κ2) is 24.0. The molecule has 0 saturated heterocycles. The van der Waals surface area contributed by atoms with Gasteiger partial charge in [-0.2, -0.15) is 0 Å². The molecule has 36 heavy (non-hydrogen) atoms. The van der Waals surface area contributed by atoms with Gasteiger partial charge in [0, 0.05) is 6.42 Å². The zero-order valence-corrected chi connectivity index (χ0v) is 23.9. The van der Waals surface area contributed by atoms with Crippen molar-refractivity contribution in [2.24, 2.45) is 0 Å². The SMILES string of the molecule is CCCCCCCCCCCCC(O)CCCCC(=O)Oc1ccc(CCCCCCCCC)cc1. The van der Waals surface area contributed by atoms with Crippen LogP contribution in [0.2, 0.25) is 0 Å². The second-order valence-corrected chi connectivity index (χ2v) is 10.9. The van der Waals surface area contributed by atoms with Gasteiger partial charge in [0.2, 0.25) is 0 Å². The monoisotopic (exact) mass is 502 g/mol. The van der Waals surface area contributed by atoms with Gasteiger partial charge in [-0.3, -0.25) is 4.79 Å². The summed E-state index contributed by atoms with van der Waals surface area (Å²) in [5.74, 6) is 0.475. The molecule has 1 atom stereocenters. The van der Waals surface area contributed by atoms with Gasteiger partial charge in [0.05, 0.1) is 6.10 Å². The van der Waals surface area contributed by atoms with Crippen LogP contribution in [0, 0.1) is 0 Å². The normalized spacial score (nSPS) is 12.1. The van der Waals surface area contributed by atoms with Gasteiger partial charge in [-0.05, 0) is 49.8 Å². The number of benzene rings is 1. The van der Waals surface area contributed by atoms with Crippen LogP contribution in [0.25, 0.3) is 0 Å². The molecule has 0 saturated carbocycles. The fourth-order valence-corrected chi connectivity index (χ4v) is 4.85. The van der Waals surface area contributed by atoms with Crippen molar-refractivity contribution in [1.82, 2.24) is 0 Å². The van der Waals surface area contributed by atoms with E-state index in [0.717, 1.165) is 38.5 Å². The van der Waals surface area contributed by atoms with Crippen molar-refractivity contribution in [3.05, 3.63) is 29.8 Å². The van der Waals surface area contributed by atoms with E-state index in [1.165, 1.54) is 108 Å². The maximum absolute atomic E-state index is 12.1. The van der Waals surface area contributed by atoms with E-state index < -0.39 is 0 Å². The van der Waals surface area contributed by atoms with Gasteiger partial charge in [0.25, 0.3) is 0 Å². The Morgan fingerprint density at radius 2 is 1.08 bits per heavy atom. The van der Waals surface area contributed by atoms with Gasteiger partial charge >= 0.3 is 5.97 Å². The average molecular weight is 503 g/mol. The first kappa shape index (κ1) is 32.7. The summed E-state index contributed by atoms with van der Waals surface area (Å²) < 4.78 is 5.49. The molecular weight excluding hydrogens is 444 g/mol. The highest BCUT2D eigenvalue weighted by Gasteiger charge is 2.08. The third-order valence-corrected chi connectivity index (χ3v) is 7.28. The lowest BCUT2D eigenvalue weighted by atomic mass is 10.0. The molecule has 0 amide bonds. The Kier molecular flexibility index (Phi) is 21.8. The Morgan fingerprint density at radius 1 is 0.639 bits per heavy atom. The number of carbonyl (C=O) groups is 1. The topological polar surface area (TPSA) is 46.5 Å². The minimum atomic E-state index is -0.223. The first-order chi connectivity index (χ1) is 17.7. The number of hydrogen-bond acceptors (Lipinski definition) is 3. The Balaban J connectivity index is 1.98. The van der Waals surface area contributed by atoms with Crippen LogP contribution >= 0.6 is 0 Å². The van der Waals surface area contributed by atoms with Gasteiger partial charge < -0.3 is 9.84 Å². The maximum Gasteiger partial charge on any atom is 0.311 e. The van der Waals surface area contributed by atoms with E-state index in [1.54, 1.807) is 0 Å². The zero-order valence-electron chi connectivity index (χ0n) is 23.9. The summed E-state index contributed by atoms with van der Waals surface area (Å²) in [4.78, 5) is 12.1. The predicted molar refractivity (Wildman–Crippen MR) is 155 cm³/mol. The van der Waals surface area contributed by atoms with Crippen molar-refractivity contribution < 1.29 is 14.6 Å². The van der Waals surface area contributed by atoms with Crippen molar-refractivity contribution in [1.29, 1.82) is 0 Å². The fraction of sp³-hybridized carbons (Fsp3) is 0.788. The van der Waals surface area contributed by atoms with Gasteiger partial charge in [-0.25, -0.2) is 0 Å². The van der Waals surface area contributed by atoms with Crippen molar-refractivity contribution in [2.75, 3.05) is 0 Å². The largest absolute Gasteiger partial charge is 0.427 e. The Labute approximate surface area is 223 Å². The summed E-state index contributed by atoms with van der Waals surface area (Å²) in [5, 5.41) is 10.2. The molecule has 1 aromatic rings. The minimum Gasteiger partial charge on any atom is -0.427 e. The molecule has 0 bridgehead atoms. The highest BCUT2D eigenvalue weighted by Crippen LogP contribution is 2.17. The van der Waals surface area contributed by atoms with E-state index in [0.29, 0.717) is 12.2 Å². The number of hydrogen-bond donors (Lipinski definition) is 1. The van der Waals surface area contributed by atoms with Crippen molar-refractivity contribution in [2.45, 2.75) is 168 Å². The first-order valence-electron chi connectivity index (χ1n) is 15.6. The number of aliphatic hydroxyl groups excluding tert-OH is 1. The van der Waals surface area contributed by atoms with Gasteiger partial charge in [-0.15, -0.1) is 0 Å². The molecule has 0 aliphatic rings. The van der Waals surface area contributed by atoms with Gasteiger partial charge in [0.15, 0.2) is 0 Å². The van der Waals surface area contributed by atoms with E-state index in [-0.39, 0.29) is 12.1 Å². The van der Waals surface area contributed by atoms with Crippen LogP contribution < -0.4 is 4.74 Å². The third-order valence-electron chi connectivity index (χ3n) is 7.28. The third kappa shape index (κ3) is 19.8. The average Bonchev–Trinajstić information content (AvgIpc) is 2.88. The number of ether oxygens (including phenoxy) is 1. The number of esters is 1. The van der Waals surface area contributed by atoms with Crippen LogP contribution in [0.1, 0.15) is 161 Å². The van der Waals surface area contributed by atoms with E-state index in [4.69, 9.17) is 4.74 Å². The Bertz CT molecular complexity index is 610. The standard InChI is InChI=1S/C33H58O3/c1-3-5-7-9-11-12-13-15-17-19-23-31(34)24-20-21-25-33(35)36-32-28-26-30(27-29-32)22-18-16-14-10-8-6-4-2/h26-29,31,34H,3-25H2,1-2H3. The lowest BCUT2D eigenvalue weighted by Gasteiger charge is -2.10. The highest BCUT2D eigenvalue weighted by atomic mass is 16.5. The van der Waals surface area contributed by atoms with Crippen LogP contribution in [0.3, 0.4) is 0 Å². The number of rotatable bonds is 25. The van der Waals surface area contributed by atoms with Gasteiger partial charge in [0.1, 0.15) is 5.75 Å². The molecule has 0 aromatic heterocycles. The molecule has 1 aromatic carbocycles. The minimum absolute atomic E-state index is 0.168. The van der Waals surface area contributed by atoms with E-state index in [9.17, 15) is 9.90 Å². The summed E-state index contributed by atoms with van der Waals surface area (Å²) in [6.07, 6.45) is 27.2. The Morgan fingerprint density at radius 3 is 1.61 bits per heavy atom. The predicted octanol–water partition coefficient (Wildman–Crippen LogP) is 10.1. The molecule has 0 aliphatic carbocycles. The summed E-state index contributed by atoms with van der Waals surface area (Å²) >= 11 is 0. The molecule has 0 heterocycles. The summed E-state index contributed by atoms with van der Waals surface area (Å²) in [5.41, 5.74) is 1.32. The van der Waals surface area contributed by atoms with Crippen molar-refractivity contribution in [3.8, 4) is 5.75 Å². The second-order valence-electron chi connectivity index (χ2n) is 10.9. The molecule has 1 N–H and O–H groups in total. The smallest absolute Gasteiger partial charge is 0.311 e. The first-order valence-corrected chi connectivity index (χ1v) is 15.6. The molecule has 0 aliphatic heterocycles. The lowest BCUT2D eigenvalue weighted by molar-refractivity contribution is -0.134. The summed E-state index contributed by atoms with van der Waals surface area (Å²) in [7, 11) is 0. The Hall–Kier alpha value is -1.35. The number of carbonyl (C=O) groups excluding carboxylic acids is 1. The van der Waals surface area contributed by atoms with E-state index in [1.807, 2.05) is 12.1 Å². The van der Waals surface area contributed by atoms with Crippen LogP contribution in [0.5, 0.6) is 5.75 Å². The molecule has 208 valence electrons. The molecule has 1 rings (SSSR count). The van der Waals surface area contributed by atoms with Crippen LogP contribution in [0.4, 0.5) is 0 Å². The van der Waals surface area contributed by atoms with Crippen LogP contribution in [-0.4, -0.2) is 17.2 Å². The number of unbranched alkanes of at least 4 members (excludes halogenated alkanes) is 16. The fourth-order valence-electron chi connectivity index (χ4n) is 4.85. The lowest BCUT2D eigenvalue weighted by Crippen LogP contribution is -2.09. The highest BCUT2D eigenvalue weighted by molar-refractivity contribution is 5.72. The number of aryl methyl sites for hydroxylation is 1.